The van der Waals surface area contributed by atoms with Gasteiger partial charge in [0, 0.05) is 25.6 Å². The molecule has 0 N–H and O–H groups in total. The highest BCUT2D eigenvalue weighted by atomic mass is 32.2. The van der Waals surface area contributed by atoms with Crippen molar-refractivity contribution in [3.8, 4) is 0 Å². The standard InChI is InChI=1S/C28H35N3O4S2/c1-19(2)24-7-4-8-25-26(24)29-28(36-25)31(18-22-6-5-17-35-22)27(32)21-13-15-30(16-14-21)37(33,34)23-11-9-20(3)10-12-23/h4,7-12,19,21-22H,5-6,13-18H2,1-3H3. The van der Waals surface area contributed by atoms with Gasteiger partial charge in [-0.05, 0) is 62.3 Å². The van der Waals surface area contributed by atoms with Crippen LogP contribution in [0, 0.1) is 12.8 Å². The van der Waals surface area contributed by atoms with Gasteiger partial charge >= 0.3 is 0 Å². The average molecular weight is 542 g/mol. The number of carbonyl (C=O) groups is 1. The molecule has 2 aliphatic heterocycles. The SMILES string of the molecule is Cc1ccc(S(=O)(=O)N2CCC(C(=O)N(CC3CCCO3)c3nc4c(C(C)C)cccc4s3)CC2)cc1. The number of rotatable bonds is 7. The quantitative estimate of drug-likeness (QED) is 0.403. The smallest absolute Gasteiger partial charge is 0.243 e. The summed E-state index contributed by atoms with van der Waals surface area (Å²) < 4.78 is 34.8. The summed E-state index contributed by atoms with van der Waals surface area (Å²) >= 11 is 1.55. The third-order valence-corrected chi connectivity index (χ3v) is 10.4. The largest absolute Gasteiger partial charge is 0.376 e. The number of aryl methyl sites for hydroxylation is 1. The molecule has 5 rings (SSSR count). The fourth-order valence-electron chi connectivity index (χ4n) is 5.22. The van der Waals surface area contributed by atoms with Gasteiger partial charge in [0.05, 0.1) is 27.8 Å². The van der Waals surface area contributed by atoms with Crippen LogP contribution in [0.5, 0.6) is 0 Å². The summed E-state index contributed by atoms with van der Waals surface area (Å²) in [6, 6.07) is 13.2. The Morgan fingerprint density at radius 1 is 1.14 bits per heavy atom. The number of benzene rings is 2. The van der Waals surface area contributed by atoms with E-state index in [2.05, 4.69) is 32.0 Å². The molecular weight excluding hydrogens is 506 g/mol. The van der Waals surface area contributed by atoms with E-state index in [1.165, 1.54) is 9.87 Å². The van der Waals surface area contributed by atoms with Gasteiger partial charge in [0.15, 0.2) is 5.13 Å². The van der Waals surface area contributed by atoms with Crippen molar-refractivity contribution in [1.29, 1.82) is 0 Å². The third-order valence-electron chi connectivity index (χ3n) is 7.43. The van der Waals surface area contributed by atoms with Crippen LogP contribution in [-0.4, -0.2) is 56.0 Å². The lowest BCUT2D eigenvalue weighted by atomic mass is 9.96. The van der Waals surface area contributed by atoms with Gasteiger partial charge in [-0.1, -0.05) is 55.0 Å². The Hall–Kier alpha value is -2.33. The minimum atomic E-state index is -3.57. The van der Waals surface area contributed by atoms with E-state index in [0.717, 1.165) is 35.2 Å². The zero-order valence-corrected chi connectivity index (χ0v) is 23.4. The summed E-state index contributed by atoms with van der Waals surface area (Å²) in [5.41, 5.74) is 3.16. The van der Waals surface area contributed by atoms with Crippen molar-refractivity contribution in [2.24, 2.45) is 5.92 Å². The number of aromatic nitrogens is 1. The summed E-state index contributed by atoms with van der Waals surface area (Å²) in [4.78, 5) is 21.0. The Kier molecular flexibility index (Phi) is 7.68. The van der Waals surface area contributed by atoms with E-state index >= 15 is 0 Å². The molecule has 2 aromatic carbocycles. The summed E-state index contributed by atoms with van der Waals surface area (Å²) in [5, 5.41) is 0.707. The first-order chi connectivity index (χ1) is 17.7. The Balaban J connectivity index is 1.36. The maximum atomic E-state index is 13.9. The molecule has 9 heteroatoms. The molecule has 3 aromatic rings. The number of thiazole rings is 1. The molecule has 3 heterocycles. The monoisotopic (exact) mass is 541 g/mol. The van der Waals surface area contributed by atoms with Crippen LogP contribution >= 0.6 is 11.3 Å². The zero-order valence-electron chi connectivity index (χ0n) is 21.7. The second-order valence-electron chi connectivity index (χ2n) is 10.4. The van der Waals surface area contributed by atoms with Gasteiger partial charge in [0.25, 0.3) is 0 Å². The van der Waals surface area contributed by atoms with Gasteiger partial charge in [-0.15, -0.1) is 0 Å². The fraction of sp³-hybridized carbons (Fsp3) is 0.500. The predicted molar refractivity (Wildman–Crippen MR) is 148 cm³/mol. The topological polar surface area (TPSA) is 79.8 Å². The van der Waals surface area contributed by atoms with Crippen molar-refractivity contribution in [3.05, 3.63) is 53.6 Å². The minimum absolute atomic E-state index is 0.00235. The van der Waals surface area contributed by atoms with Gasteiger partial charge in [-0.3, -0.25) is 9.69 Å². The van der Waals surface area contributed by atoms with Crippen LogP contribution in [0.2, 0.25) is 0 Å². The molecule has 2 aliphatic rings. The van der Waals surface area contributed by atoms with E-state index < -0.39 is 10.0 Å². The number of ether oxygens (including phenoxy) is 1. The number of carbonyl (C=O) groups excluding carboxylic acids is 1. The summed E-state index contributed by atoms with van der Waals surface area (Å²) in [6.07, 6.45) is 2.92. The van der Waals surface area contributed by atoms with E-state index in [-0.39, 0.29) is 17.9 Å². The minimum Gasteiger partial charge on any atom is -0.376 e. The summed E-state index contributed by atoms with van der Waals surface area (Å²) in [5.74, 6) is 0.108. The second-order valence-corrected chi connectivity index (χ2v) is 13.4. The van der Waals surface area contributed by atoms with Gasteiger partial charge in [0.2, 0.25) is 15.9 Å². The van der Waals surface area contributed by atoms with Crippen molar-refractivity contribution >= 4 is 42.6 Å². The number of piperidine rings is 1. The molecule has 1 aromatic heterocycles. The molecule has 0 aliphatic carbocycles. The summed E-state index contributed by atoms with van der Waals surface area (Å²) in [7, 11) is -3.57. The molecule has 1 atom stereocenters. The normalized spacial score (nSPS) is 19.6. The third kappa shape index (κ3) is 5.46. The van der Waals surface area contributed by atoms with E-state index in [9.17, 15) is 13.2 Å². The van der Waals surface area contributed by atoms with Gasteiger partial charge in [0.1, 0.15) is 0 Å². The molecule has 1 amide bonds. The lowest BCUT2D eigenvalue weighted by Gasteiger charge is -2.33. The molecule has 0 saturated carbocycles. The molecule has 198 valence electrons. The van der Waals surface area contributed by atoms with Crippen molar-refractivity contribution in [2.45, 2.75) is 63.4 Å². The van der Waals surface area contributed by atoms with E-state index in [1.807, 2.05) is 24.0 Å². The van der Waals surface area contributed by atoms with Crippen molar-refractivity contribution in [3.63, 3.8) is 0 Å². The predicted octanol–water partition coefficient (Wildman–Crippen LogP) is 5.34. The van der Waals surface area contributed by atoms with Crippen LogP contribution in [0.3, 0.4) is 0 Å². The van der Waals surface area contributed by atoms with Gasteiger partial charge < -0.3 is 4.74 Å². The van der Waals surface area contributed by atoms with Crippen LogP contribution in [0.1, 0.15) is 56.6 Å². The molecule has 2 saturated heterocycles. The fourth-order valence-corrected chi connectivity index (χ4v) is 7.70. The first kappa shape index (κ1) is 26.3. The highest BCUT2D eigenvalue weighted by Crippen LogP contribution is 2.36. The Labute approximate surface area is 223 Å². The van der Waals surface area contributed by atoms with Gasteiger partial charge in [-0.2, -0.15) is 4.31 Å². The lowest BCUT2D eigenvalue weighted by Crippen LogP contribution is -2.46. The molecule has 7 nitrogen and oxygen atoms in total. The second kappa shape index (κ2) is 10.8. The van der Waals surface area contributed by atoms with Gasteiger partial charge in [-0.25, -0.2) is 13.4 Å². The lowest BCUT2D eigenvalue weighted by molar-refractivity contribution is -0.123. The first-order valence-electron chi connectivity index (χ1n) is 13.1. The number of para-hydroxylation sites is 1. The van der Waals surface area contributed by atoms with Crippen LogP contribution in [0.25, 0.3) is 10.2 Å². The van der Waals surface area contributed by atoms with Crippen molar-refractivity contribution < 1.29 is 17.9 Å². The Morgan fingerprint density at radius 3 is 2.51 bits per heavy atom. The molecule has 1 unspecified atom stereocenters. The highest BCUT2D eigenvalue weighted by molar-refractivity contribution is 7.89. The number of hydrogen-bond acceptors (Lipinski definition) is 6. The molecular formula is C28H35N3O4S2. The number of sulfonamides is 1. The maximum absolute atomic E-state index is 13.9. The number of fused-ring (bicyclic) bond motifs is 1. The molecule has 0 spiro atoms. The van der Waals surface area contributed by atoms with Crippen molar-refractivity contribution in [1.82, 2.24) is 9.29 Å². The van der Waals surface area contributed by atoms with Crippen LogP contribution in [0.4, 0.5) is 5.13 Å². The molecule has 0 radical (unpaired) electrons. The average Bonchev–Trinajstić information content (AvgIpc) is 3.56. The van der Waals surface area contributed by atoms with Crippen LogP contribution < -0.4 is 4.90 Å². The van der Waals surface area contributed by atoms with Crippen LogP contribution in [0.15, 0.2) is 47.4 Å². The number of hydrogen-bond donors (Lipinski definition) is 0. The number of anilines is 1. The Morgan fingerprint density at radius 2 is 1.86 bits per heavy atom. The zero-order chi connectivity index (χ0) is 26.2. The van der Waals surface area contributed by atoms with E-state index in [0.29, 0.717) is 48.4 Å². The number of amides is 1. The molecule has 0 bridgehead atoms. The molecule has 37 heavy (non-hydrogen) atoms. The number of nitrogens with zero attached hydrogens (tertiary/aromatic N) is 3. The first-order valence-corrected chi connectivity index (χ1v) is 15.4. The maximum Gasteiger partial charge on any atom is 0.243 e. The van der Waals surface area contributed by atoms with E-state index in [4.69, 9.17) is 9.72 Å². The Bertz CT molecular complexity index is 1350. The summed E-state index contributed by atoms with van der Waals surface area (Å²) in [6.45, 7) is 8.11. The van der Waals surface area contributed by atoms with Crippen molar-refractivity contribution in [2.75, 3.05) is 31.1 Å². The highest BCUT2D eigenvalue weighted by Gasteiger charge is 2.36. The van der Waals surface area contributed by atoms with E-state index in [1.54, 1.807) is 23.5 Å². The van der Waals surface area contributed by atoms with Crippen LogP contribution in [-0.2, 0) is 19.6 Å². The molecule has 2 fully saturated rings.